The van der Waals surface area contributed by atoms with Crippen molar-refractivity contribution in [1.82, 2.24) is 5.32 Å². The van der Waals surface area contributed by atoms with E-state index < -0.39 is 6.29 Å². The van der Waals surface area contributed by atoms with Gasteiger partial charge in [-0.1, -0.05) is 51.0 Å². The minimum atomic E-state index is -0.506. The number of benzene rings is 1. The van der Waals surface area contributed by atoms with Crippen LogP contribution in [-0.2, 0) is 27.5 Å². The molecule has 0 saturated carbocycles. The van der Waals surface area contributed by atoms with E-state index in [0.29, 0.717) is 13.0 Å². The van der Waals surface area contributed by atoms with Crippen LogP contribution < -0.4 is 5.32 Å². The van der Waals surface area contributed by atoms with E-state index in [1.165, 1.54) is 0 Å². The van der Waals surface area contributed by atoms with E-state index in [9.17, 15) is 4.79 Å². The van der Waals surface area contributed by atoms with Gasteiger partial charge in [0, 0.05) is 6.42 Å². The van der Waals surface area contributed by atoms with Crippen LogP contribution in [0, 0.1) is 23.7 Å². The molecular formula is C21H27NO4. The average molecular weight is 357 g/mol. The first-order valence-electron chi connectivity index (χ1n) is 8.74. The molecule has 0 aliphatic carbocycles. The maximum atomic E-state index is 12.2. The van der Waals surface area contributed by atoms with Gasteiger partial charge in [-0.15, -0.1) is 6.42 Å². The second-order valence-corrected chi connectivity index (χ2v) is 7.46. The molecule has 0 bridgehead atoms. The molecule has 2 atom stereocenters. The van der Waals surface area contributed by atoms with E-state index in [1.807, 2.05) is 30.3 Å². The van der Waals surface area contributed by atoms with Gasteiger partial charge >= 0.3 is 0 Å². The summed E-state index contributed by atoms with van der Waals surface area (Å²) in [5.74, 6) is 2.46. The van der Waals surface area contributed by atoms with Crippen LogP contribution in [0.25, 0.3) is 0 Å². The first-order chi connectivity index (χ1) is 12.3. The second kappa shape index (κ2) is 8.88. The van der Waals surface area contributed by atoms with E-state index in [2.05, 4.69) is 32.0 Å². The summed E-state index contributed by atoms with van der Waals surface area (Å²) in [6.07, 6.45) is 7.23. The van der Waals surface area contributed by atoms with Gasteiger partial charge in [-0.2, -0.15) is 0 Å². The van der Waals surface area contributed by atoms with Crippen molar-refractivity contribution >= 4 is 5.91 Å². The van der Waals surface area contributed by atoms with Gasteiger partial charge in [-0.25, -0.2) is 0 Å². The van der Waals surface area contributed by atoms with Crippen LogP contribution >= 0.6 is 0 Å². The van der Waals surface area contributed by atoms with E-state index in [0.717, 1.165) is 11.1 Å². The van der Waals surface area contributed by atoms with Crippen molar-refractivity contribution in [2.24, 2.45) is 11.3 Å². The summed E-state index contributed by atoms with van der Waals surface area (Å²) in [6, 6.07) is 7.53. The number of terminal acetylenes is 1. The SMILES string of the molecule is C#CCNC(=O)C1=C[C@@H](C(C)(C)C)C[C@@H](OCc2ccc(CO)cc2)O1. The number of ether oxygens (including phenoxy) is 2. The van der Waals surface area contributed by atoms with Crippen molar-refractivity contribution in [3.8, 4) is 12.3 Å². The predicted molar refractivity (Wildman–Crippen MR) is 99.5 cm³/mol. The molecule has 26 heavy (non-hydrogen) atoms. The van der Waals surface area contributed by atoms with E-state index >= 15 is 0 Å². The molecule has 5 heteroatoms. The van der Waals surface area contributed by atoms with Gasteiger partial charge in [-0.05, 0) is 28.5 Å². The fourth-order valence-corrected chi connectivity index (χ4v) is 2.67. The maximum absolute atomic E-state index is 12.2. The summed E-state index contributed by atoms with van der Waals surface area (Å²) in [4.78, 5) is 12.2. The third kappa shape index (κ3) is 5.62. The fourth-order valence-electron chi connectivity index (χ4n) is 2.67. The molecule has 140 valence electrons. The van der Waals surface area contributed by atoms with Crippen molar-refractivity contribution in [3.63, 3.8) is 0 Å². The topological polar surface area (TPSA) is 67.8 Å². The van der Waals surface area contributed by atoms with Gasteiger partial charge in [0.15, 0.2) is 5.76 Å². The Labute approximate surface area is 155 Å². The summed E-state index contributed by atoms with van der Waals surface area (Å²) in [5, 5.41) is 11.7. The Balaban J connectivity index is 2.04. The third-order valence-corrected chi connectivity index (χ3v) is 4.39. The molecule has 1 amide bonds. The van der Waals surface area contributed by atoms with Crippen LogP contribution in [0.1, 0.15) is 38.3 Å². The number of aliphatic hydroxyl groups excluding tert-OH is 1. The van der Waals surface area contributed by atoms with Gasteiger partial charge < -0.3 is 19.9 Å². The van der Waals surface area contributed by atoms with Crippen molar-refractivity contribution in [3.05, 3.63) is 47.2 Å². The summed E-state index contributed by atoms with van der Waals surface area (Å²) in [6.45, 7) is 6.92. The highest BCUT2D eigenvalue weighted by molar-refractivity contribution is 5.91. The standard InChI is InChI=1S/C21H27NO4/c1-5-10-22-20(24)18-11-17(21(2,3)4)12-19(26-18)25-14-16-8-6-15(13-23)7-9-16/h1,6-9,11,17,19,23H,10,12-14H2,2-4H3,(H,22,24)/t17-,19+/m1/s1. The number of carbonyl (C=O) groups is 1. The van der Waals surface area contributed by atoms with Crippen LogP contribution in [0.4, 0.5) is 0 Å². The van der Waals surface area contributed by atoms with Crippen LogP contribution in [0.3, 0.4) is 0 Å². The number of aliphatic hydroxyl groups is 1. The molecule has 0 radical (unpaired) electrons. The van der Waals surface area contributed by atoms with Crippen molar-refractivity contribution in [2.45, 2.75) is 46.7 Å². The molecule has 1 aliphatic heterocycles. The lowest BCUT2D eigenvalue weighted by Crippen LogP contribution is -2.36. The molecule has 1 heterocycles. The quantitative estimate of drug-likeness (QED) is 0.768. The Hall–Kier alpha value is -2.29. The molecule has 0 fully saturated rings. The molecule has 0 unspecified atom stereocenters. The predicted octanol–water partition coefficient (Wildman–Crippen LogP) is 2.74. The zero-order chi connectivity index (χ0) is 19.2. The highest BCUT2D eigenvalue weighted by atomic mass is 16.7. The molecule has 0 spiro atoms. The molecule has 0 saturated heterocycles. The summed E-state index contributed by atoms with van der Waals surface area (Å²) in [5.41, 5.74) is 1.81. The number of carbonyl (C=O) groups excluding carboxylic acids is 1. The number of amides is 1. The van der Waals surface area contributed by atoms with Crippen molar-refractivity contribution in [1.29, 1.82) is 0 Å². The molecule has 1 aromatic rings. The van der Waals surface area contributed by atoms with Gasteiger partial charge in [0.2, 0.25) is 6.29 Å². The first-order valence-corrected chi connectivity index (χ1v) is 8.74. The van der Waals surface area contributed by atoms with E-state index in [1.54, 1.807) is 0 Å². The Morgan fingerprint density at radius 2 is 2.00 bits per heavy atom. The highest BCUT2D eigenvalue weighted by Crippen LogP contribution is 2.36. The van der Waals surface area contributed by atoms with Crippen LogP contribution in [0.2, 0.25) is 0 Å². The zero-order valence-corrected chi connectivity index (χ0v) is 15.6. The number of hydrogen-bond acceptors (Lipinski definition) is 4. The monoisotopic (exact) mass is 357 g/mol. The highest BCUT2D eigenvalue weighted by Gasteiger charge is 2.34. The first kappa shape index (κ1) is 20.0. The lowest BCUT2D eigenvalue weighted by molar-refractivity contribution is -0.157. The number of hydrogen-bond donors (Lipinski definition) is 2. The summed E-state index contributed by atoms with van der Waals surface area (Å²) >= 11 is 0. The van der Waals surface area contributed by atoms with Gasteiger partial charge in [0.1, 0.15) is 0 Å². The number of rotatable bonds is 6. The third-order valence-electron chi connectivity index (χ3n) is 4.39. The van der Waals surface area contributed by atoms with E-state index in [4.69, 9.17) is 21.0 Å². The molecule has 2 N–H and O–H groups in total. The number of nitrogens with one attached hydrogen (secondary N) is 1. The zero-order valence-electron chi connectivity index (χ0n) is 15.6. The van der Waals surface area contributed by atoms with Gasteiger partial charge in [0.05, 0.1) is 19.8 Å². The minimum Gasteiger partial charge on any atom is -0.459 e. The van der Waals surface area contributed by atoms with Crippen LogP contribution in [0.15, 0.2) is 36.1 Å². The molecule has 1 aliphatic rings. The van der Waals surface area contributed by atoms with E-state index in [-0.39, 0.29) is 36.2 Å². The molecule has 2 rings (SSSR count). The smallest absolute Gasteiger partial charge is 0.286 e. The largest absolute Gasteiger partial charge is 0.459 e. The number of allylic oxidation sites excluding steroid dienone is 1. The van der Waals surface area contributed by atoms with Gasteiger partial charge in [-0.3, -0.25) is 4.79 Å². The average Bonchev–Trinajstić information content (AvgIpc) is 2.63. The molecular weight excluding hydrogens is 330 g/mol. The second-order valence-electron chi connectivity index (χ2n) is 7.46. The summed E-state index contributed by atoms with van der Waals surface area (Å²) in [7, 11) is 0. The Morgan fingerprint density at radius 1 is 1.35 bits per heavy atom. The normalized spacial score (nSPS) is 19.9. The molecule has 5 nitrogen and oxygen atoms in total. The Morgan fingerprint density at radius 3 is 2.58 bits per heavy atom. The van der Waals surface area contributed by atoms with Crippen molar-refractivity contribution in [2.75, 3.05) is 6.54 Å². The minimum absolute atomic E-state index is 0.0149. The van der Waals surface area contributed by atoms with Crippen molar-refractivity contribution < 1.29 is 19.4 Å². The lowest BCUT2D eigenvalue weighted by Gasteiger charge is -2.35. The fraction of sp³-hybridized carbons (Fsp3) is 0.476. The Kier molecular flexibility index (Phi) is 6.84. The van der Waals surface area contributed by atoms with Crippen LogP contribution in [0.5, 0.6) is 0 Å². The van der Waals surface area contributed by atoms with Crippen LogP contribution in [-0.4, -0.2) is 23.8 Å². The maximum Gasteiger partial charge on any atom is 0.286 e. The van der Waals surface area contributed by atoms with Gasteiger partial charge in [0.25, 0.3) is 5.91 Å². The summed E-state index contributed by atoms with van der Waals surface area (Å²) < 4.78 is 11.7. The Bertz CT molecular complexity index is 679. The molecule has 0 aromatic heterocycles. The molecule has 1 aromatic carbocycles. The lowest BCUT2D eigenvalue weighted by atomic mass is 9.77.